The topological polar surface area (TPSA) is 44.2 Å². The van der Waals surface area contributed by atoms with Crippen LogP contribution in [0.5, 0.6) is 5.75 Å². The van der Waals surface area contributed by atoms with E-state index >= 15 is 0 Å². The molecule has 0 bridgehead atoms. The van der Waals surface area contributed by atoms with E-state index in [0.29, 0.717) is 0 Å². The highest BCUT2D eigenvalue weighted by Gasteiger charge is 2.02. The molecule has 0 aliphatic heterocycles. The Balaban J connectivity index is 1.92. The molecular weight excluding hydrogens is 276 g/mol. The summed E-state index contributed by atoms with van der Waals surface area (Å²) in [6.45, 7) is 5.26. The van der Waals surface area contributed by atoms with E-state index in [1.54, 1.807) is 0 Å². The van der Waals surface area contributed by atoms with E-state index < -0.39 is 0 Å². The first-order chi connectivity index (χ1) is 10.8. The lowest BCUT2D eigenvalue weighted by atomic mass is 10.1. The number of hydrogen-bond acceptors (Lipinski definition) is 4. The maximum Gasteiger partial charge on any atom is 0.189 e. The van der Waals surface area contributed by atoms with Gasteiger partial charge >= 0.3 is 0 Å². The zero-order valence-electron chi connectivity index (χ0n) is 13.4. The lowest BCUT2D eigenvalue weighted by molar-refractivity contribution is 0.0157. The van der Waals surface area contributed by atoms with Gasteiger partial charge in [0.1, 0.15) is 5.75 Å². The summed E-state index contributed by atoms with van der Waals surface area (Å²) in [5, 5.41) is 0. The van der Waals surface area contributed by atoms with Crippen molar-refractivity contribution in [3.05, 3.63) is 42.2 Å². The second-order valence-corrected chi connectivity index (χ2v) is 5.21. The van der Waals surface area contributed by atoms with Crippen molar-refractivity contribution in [1.29, 1.82) is 0 Å². The maximum atomic E-state index is 5.50. The molecule has 2 rings (SSSR count). The molecule has 0 spiro atoms. The quantitative estimate of drug-likeness (QED) is 0.513. The molecule has 4 nitrogen and oxygen atoms in total. The molecule has 0 unspecified atom stereocenters. The van der Waals surface area contributed by atoms with Crippen molar-refractivity contribution < 1.29 is 9.47 Å². The van der Waals surface area contributed by atoms with Gasteiger partial charge in [-0.15, -0.1) is 0 Å². The molecule has 1 heterocycles. The SMILES string of the molecule is CCCCc1cnc(-c2ccc(OCOCCC)cc2)nc1. The van der Waals surface area contributed by atoms with Crippen LogP contribution in [-0.4, -0.2) is 23.4 Å². The van der Waals surface area contributed by atoms with Crippen molar-refractivity contribution in [3.8, 4) is 17.1 Å². The first kappa shape index (κ1) is 16.4. The smallest absolute Gasteiger partial charge is 0.189 e. The molecule has 0 amide bonds. The van der Waals surface area contributed by atoms with Gasteiger partial charge in [0.2, 0.25) is 0 Å². The monoisotopic (exact) mass is 300 g/mol. The fourth-order valence-electron chi connectivity index (χ4n) is 2.03. The molecule has 118 valence electrons. The van der Waals surface area contributed by atoms with Gasteiger partial charge in [0.25, 0.3) is 0 Å². The molecule has 1 aromatic heterocycles. The minimum Gasteiger partial charge on any atom is -0.468 e. The summed E-state index contributed by atoms with van der Waals surface area (Å²) < 4.78 is 10.8. The first-order valence-corrected chi connectivity index (χ1v) is 7.95. The van der Waals surface area contributed by atoms with Crippen LogP contribution in [-0.2, 0) is 11.2 Å². The molecule has 1 aromatic carbocycles. The number of hydrogen-bond donors (Lipinski definition) is 0. The van der Waals surface area contributed by atoms with Crippen molar-refractivity contribution in [2.24, 2.45) is 0 Å². The summed E-state index contributed by atoms with van der Waals surface area (Å²) in [5.74, 6) is 1.54. The van der Waals surface area contributed by atoms with Crippen LogP contribution in [0.4, 0.5) is 0 Å². The average Bonchev–Trinajstić information content (AvgIpc) is 2.58. The number of aryl methyl sites for hydroxylation is 1. The molecule has 22 heavy (non-hydrogen) atoms. The molecule has 0 aliphatic carbocycles. The van der Waals surface area contributed by atoms with Gasteiger partial charge < -0.3 is 9.47 Å². The fourth-order valence-corrected chi connectivity index (χ4v) is 2.03. The summed E-state index contributed by atoms with van der Waals surface area (Å²) in [6, 6.07) is 7.77. The molecule has 0 aliphatic rings. The lowest BCUT2D eigenvalue weighted by Gasteiger charge is -2.07. The first-order valence-electron chi connectivity index (χ1n) is 7.95. The highest BCUT2D eigenvalue weighted by molar-refractivity contribution is 5.55. The normalized spacial score (nSPS) is 10.6. The van der Waals surface area contributed by atoms with Crippen molar-refractivity contribution >= 4 is 0 Å². The summed E-state index contributed by atoms with van der Waals surface area (Å²) in [6.07, 6.45) is 8.23. The zero-order valence-corrected chi connectivity index (χ0v) is 13.4. The molecule has 2 aromatic rings. The van der Waals surface area contributed by atoms with Crippen LogP contribution in [0.15, 0.2) is 36.7 Å². The lowest BCUT2D eigenvalue weighted by Crippen LogP contribution is -2.03. The van der Waals surface area contributed by atoms with E-state index in [1.165, 1.54) is 18.4 Å². The number of nitrogens with zero attached hydrogens (tertiary/aromatic N) is 2. The maximum absolute atomic E-state index is 5.50. The van der Waals surface area contributed by atoms with Gasteiger partial charge in [-0.25, -0.2) is 9.97 Å². The summed E-state index contributed by atoms with van der Waals surface area (Å²) in [4.78, 5) is 8.88. The third kappa shape index (κ3) is 5.11. The van der Waals surface area contributed by atoms with Crippen molar-refractivity contribution in [1.82, 2.24) is 9.97 Å². The molecule has 0 fully saturated rings. The van der Waals surface area contributed by atoms with Crippen LogP contribution in [0.2, 0.25) is 0 Å². The highest BCUT2D eigenvalue weighted by Crippen LogP contribution is 2.19. The number of rotatable bonds is 9. The molecule has 0 N–H and O–H groups in total. The van der Waals surface area contributed by atoms with Crippen molar-refractivity contribution in [2.75, 3.05) is 13.4 Å². The Morgan fingerprint density at radius 3 is 2.32 bits per heavy atom. The molecule has 0 atom stereocenters. The minimum absolute atomic E-state index is 0.288. The average molecular weight is 300 g/mol. The number of aromatic nitrogens is 2. The Morgan fingerprint density at radius 2 is 1.68 bits per heavy atom. The van der Waals surface area contributed by atoms with E-state index in [4.69, 9.17) is 9.47 Å². The minimum atomic E-state index is 0.288. The van der Waals surface area contributed by atoms with Gasteiger partial charge in [-0.2, -0.15) is 0 Å². The van der Waals surface area contributed by atoms with E-state index in [9.17, 15) is 0 Å². The Kier molecular flexibility index (Phi) is 6.84. The molecule has 0 radical (unpaired) electrons. The van der Waals surface area contributed by atoms with E-state index in [2.05, 4.69) is 23.8 Å². The van der Waals surface area contributed by atoms with Crippen LogP contribution >= 0.6 is 0 Å². The van der Waals surface area contributed by atoms with Crippen molar-refractivity contribution in [3.63, 3.8) is 0 Å². The predicted octanol–water partition coefficient (Wildman–Crippen LogP) is 4.25. The van der Waals surface area contributed by atoms with Crippen LogP contribution in [0.25, 0.3) is 11.4 Å². The Bertz CT molecular complexity index is 538. The molecule has 0 saturated carbocycles. The van der Waals surface area contributed by atoms with Crippen LogP contribution in [0, 0.1) is 0 Å². The molecular formula is C18H24N2O2. The predicted molar refractivity (Wildman–Crippen MR) is 87.8 cm³/mol. The van der Waals surface area contributed by atoms with Gasteiger partial charge in [0.15, 0.2) is 12.6 Å². The summed E-state index contributed by atoms with van der Waals surface area (Å²) >= 11 is 0. The number of ether oxygens (including phenoxy) is 2. The van der Waals surface area contributed by atoms with Gasteiger partial charge in [-0.1, -0.05) is 20.3 Å². The third-order valence-corrected chi connectivity index (χ3v) is 3.29. The van der Waals surface area contributed by atoms with Crippen LogP contribution in [0.3, 0.4) is 0 Å². The number of benzene rings is 1. The third-order valence-electron chi connectivity index (χ3n) is 3.29. The summed E-state index contributed by atoms with van der Waals surface area (Å²) in [5.41, 5.74) is 2.18. The van der Waals surface area contributed by atoms with Gasteiger partial charge in [0, 0.05) is 18.0 Å². The second-order valence-electron chi connectivity index (χ2n) is 5.21. The second kappa shape index (κ2) is 9.15. The van der Waals surface area contributed by atoms with Gasteiger partial charge in [-0.05, 0) is 49.1 Å². The summed E-state index contributed by atoms with van der Waals surface area (Å²) in [7, 11) is 0. The Morgan fingerprint density at radius 1 is 0.955 bits per heavy atom. The van der Waals surface area contributed by atoms with Gasteiger partial charge in [-0.3, -0.25) is 0 Å². The van der Waals surface area contributed by atoms with Crippen molar-refractivity contribution in [2.45, 2.75) is 39.5 Å². The van der Waals surface area contributed by atoms with Gasteiger partial charge in [0.05, 0.1) is 6.61 Å². The molecule has 0 saturated heterocycles. The van der Waals surface area contributed by atoms with Crippen LogP contribution < -0.4 is 4.74 Å². The van der Waals surface area contributed by atoms with Crippen LogP contribution in [0.1, 0.15) is 38.7 Å². The standard InChI is InChI=1S/C18H24N2O2/c1-3-5-6-15-12-19-18(20-13-15)16-7-9-17(10-8-16)22-14-21-11-4-2/h7-10,12-13H,3-6,11,14H2,1-2H3. The Labute approximate surface area is 132 Å². The highest BCUT2D eigenvalue weighted by atomic mass is 16.7. The largest absolute Gasteiger partial charge is 0.468 e. The Hall–Kier alpha value is -1.94. The van der Waals surface area contributed by atoms with E-state index in [0.717, 1.165) is 36.6 Å². The number of unbranched alkanes of at least 4 members (excludes halogenated alkanes) is 1. The zero-order chi connectivity index (χ0) is 15.6. The van der Waals surface area contributed by atoms with E-state index in [1.807, 2.05) is 36.7 Å². The molecule has 4 heteroatoms. The fraction of sp³-hybridized carbons (Fsp3) is 0.444. The van der Waals surface area contributed by atoms with E-state index in [-0.39, 0.29) is 6.79 Å².